The quantitative estimate of drug-likeness (QED) is 0.274. The van der Waals surface area contributed by atoms with E-state index in [0.717, 1.165) is 11.1 Å². The van der Waals surface area contributed by atoms with Crippen molar-refractivity contribution in [3.63, 3.8) is 0 Å². The van der Waals surface area contributed by atoms with E-state index in [1.807, 2.05) is 24.3 Å². The maximum Gasteiger partial charge on any atom is 0.240 e. The van der Waals surface area contributed by atoms with Crippen LogP contribution < -0.4 is 16.6 Å². The van der Waals surface area contributed by atoms with Gasteiger partial charge in [0.05, 0.1) is 19.5 Å². The number of nitrogens with zero attached hydrogens (tertiary/aromatic N) is 1. The summed E-state index contributed by atoms with van der Waals surface area (Å²) in [5, 5.41) is 2.26. The number of rotatable bonds is 4. The molecule has 0 unspecified atom stereocenters. The minimum absolute atomic E-state index is 0.211. The highest BCUT2D eigenvalue weighted by Gasteiger charge is 2.22. The number of amides is 3. The normalized spacial score (nSPS) is 15.8. The minimum atomic E-state index is -0.280. The lowest BCUT2D eigenvalue weighted by Crippen LogP contribution is -2.50. The molecule has 2 rings (SSSR count). The molecule has 4 N–H and O–H groups in total. The van der Waals surface area contributed by atoms with Crippen molar-refractivity contribution in [2.45, 2.75) is 13.0 Å². The van der Waals surface area contributed by atoms with Gasteiger partial charge >= 0.3 is 0 Å². The monoisotopic (exact) mass is 276 g/mol. The summed E-state index contributed by atoms with van der Waals surface area (Å²) >= 11 is 0. The number of imide groups is 1. The van der Waals surface area contributed by atoms with Gasteiger partial charge in [0.1, 0.15) is 0 Å². The standard InChI is InChI=1S/C13H16N4O3/c14-16-11(18)5-9-1-3-10(4-2-9)6-17-7-12(19)15-13(20)8-17/h1-4H,5-8,14H2,(H,16,18)(H,15,19,20). The Bertz CT molecular complexity index is 511. The van der Waals surface area contributed by atoms with Gasteiger partial charge in [-0.2, -0.15) is 0 Å². The Morgan fingerprint density at radius 2 is 1.70 bits per heavy atom. The van der Waals surface area contributed by atoms with E-state index >= 15 is 0 Å². The maximum atomic E-state index is 11.3. The molecule has 7 nitrogen and oxygen atoms in total. The van der Waals surface area contributed by atoms with Gasteiger partial charge in [0.15, 0.2) is 0 Å². The molecule has 0 aromatic heterocycles. The molecule has 0 atom stereocenters. The molecule has 106 valence electrons. The van der Waals surface area contributed by atoms with Crippen molar-refractivity contribution in [3.05, 3.63) is 35.4 Å². The lowest BCUT2D eigenvalue weighted by atomic mass is 10.1. The lowest BCUT2D eigenvalue weighted by Gasteiger charge is -2.25. The van der Waals surface area contributed by atoms with E-state index in [2.05, 4.69) is 10.7 Å². The smallest absolute Gasteiger partial charge is 0.240 e. The van der Waals surface area contributed by atoms with Crippen molar-refractivity contribution in [1.82, 2.24) is 15.6 Å². The molecule has 7 heteroatoms. The fourth-order valence-corrected chi connectivity index (χ4v) is 2.07. The fraction of sp³-hybridized carbons (Fsp3) is 0.308. The number of nitrogens with one attached hydrogen (secondary N) is 2. The van der Waals surface area contributed by atoms with Crippen LogP contribution in [0.2, 0.25) is 0 Å². The Labute approximate surface area is 116 Å². The second-order valence-electron chi connectivity index (χ2n) is 4.68. The molecular weight excluding hydrogens is 260 g/mol. The summed E-state index contributed by atoms with van der Waals surface area (Å²) in [6.45, 7) is 0.939. The average Bonchev–Trinajstić information content (AvgIpc) is 2.39. The van der Waals surface area contributed by atoms with Crippen molar-refractivity contribution in [1.29, 1.82) is 0 Å². The van der Waals surface area contributed by atoms with E-state index in [1.54, 1.807) is 4.90 Å². The van der Waals surface area contributed by atoms with Crippen LogP contribution in [0.4, 0.5) is 0 Å². The van der Waals surface area contributed by atoms with Gasteiger partial charge in [-0.1, -0.05) is 24.3 Å². The van der Waals surface area contributed by atoms with Gasteiger partial charge in [0, 0.05) is 6.54 Å². The van der Waals surface area contributed by atoms with Crippen LogP contribution in [0.1, 0.15) is 11.1 Å². The molecule has 1 aliphatic rings. The Hall–Kier alpha value is -2.25. The van der Waals surface area contributed by atoms with E-state index in [-0.39, 0.29) is 37.2 Å². The summed E-state index contributed by atoms with van der Waals surface area (Å²) in [5.74, 6) is 4.21. The number of hydrogen-bond acceptors (Lipinski definition) is 5. The fourth-order valence-electron chi connectivity index (χ4n) is 2.07. The number of nitrogens with two attached hydrogens (primary N) is 1. The molecule has 0 bridgehead atoms. The van der Waals surface area contributed by atoms with Gasteiger partial charge in [-0.15, -0.1) is 0 Å². The van der Waals surface area contributed by atoms with Crippen LogP contribution >= 0.6 is 0 Å². The van der Waals surface area contributed by atoms with Crippen molar-refractivity contribution in [3.8, 4) is 0 Å². The number of piperazine rings is 1. The van der Waals surface area contributed by atoms with Crippen LogP contribution in [0, 0.1) is 0 Å². The van der Waals surface area contributed by atoms with Crippen molar-refractivity contribution < 1.29 is 14.4 Å². The van der Waals surface area contributed by atoms with Gasteiger partial charge < -0.3 is 0 Å². The predicted molar refractivity (Wildman–Crippen MR) is 70.9 cm³/mol. The van der Waals surface area contributed by atoms with Crippen molar-refractivity contribution in [2.75, 3.05) is 13.1 Å². The highest BCUT2D eigenvalue weighted by Crippen LogP contribution is 2.09. The highest BCUT2D eigenvalue weighted by molar-refractivity contribution is 5.99. The number of hydrogen-bond donors (Lipinski definition) is 3. The molecule has 3 amide bonds. The number of benzene rings is 1. The van der Waals surface area contributed by atoms with Gasteiger partial charge in [-0.25, -0.2) is 5.84 Å². The van der Waals surface area contributed by atoms with Gasteiger partial charge in [-0.05, 0) is 11.1 Å². The summed E-state index contributed by atoms with van der Waals surface area (Å²) in [6.07, 6.45) is 0.224. The Morgan fingerprint density at radius 3 is 2.25 bits per heavy atom. The summed E-state index contributed by atoms with van der Waals surface area (Å²) in [4.78, 5) is 35.4. The third-order valence-corrected chi connectivity index (χ3v) is 2.97. The van der Waals surface area contributed by atoms with E-state index < -0.39 is 0 Å². The Balaban J connectivity index is 1.95. The molecule has 0 saturated carbocycles. The average molecular weight is 276 g/mol. The van der Waals surface area contributed by atoms with Crippen LogP contribution in [-0.4, -0.2) is 35.7 Å². The minimum Gasteiger partial charge on any atom is -0.294 e. The molecule has 0 radical (unpaired) electrons. The highest BCUT2D eigenvalue weighted by atomic mass is 16.2. The molecule has 1 heterocycles. The third-order valence-electron chi connectivity index (χ3n) is 2.97. The molecule has 1 aliphatic heterocycles. The molecule has 1 aromatic rings. The molecule has 1 saturated heterocycles. The first kappa shape index (κ1) is 14.2. The maximum absolute atomic E-state index is 11.3. The first-order valence-corrected chi connectivity index (χ1v) is 6.19. The lowest BCUT2D eigenvalue weighted by molar-refractivity contribution is -0.136. The van der Waals surface area contributed by atoms with E-state index in [4.69, 9.17) is 5.84 Å². The Morgan fingerprint density at radius 1 is 1.15 bits per heavy atom. The zero-order valence-electron chi connectivity index (χ0n) is 10.9. The van der Waals surface area contributed by atoms with Crippen LogP contribution in [0.15, 0.2) is 24.3 Å². The van der Waals surface area contributed by atoms with Crippen LogP contribution in [-0.2, 0) is 27.3 Å². The summed E-state index contributed by atoms with van der Waals surface area (Å²) < 4.78 is 0. The van der Waals surface area contributed by atoms with Gasteiger partial charge in [0.2, 0.25) is 17.7 Å². The predicted octanol–water partition coefficient (Wildman–Crippen LogP) is -1.32. The molecule has 20 heavy (non-hydrogen) atoms. The number of carbonyl (C=O) groups is 3. The molecular formula is C13H16N4O3. The summed E-state index contributed by atoms with van der Waals surface area (Å²) in [7, 11) is 0. The van der Waals surface area contributed by atoms with Gasteiger partial charge in [-0.3, -0.25) is 30.0 Å². The zero-order valence-corrected chi connectivity index (χ0v) is 10.9. The topological polar surface area (TPSA) is 105 Å². The number of hydrazine groups is 1. The molecule has 0 aliphatic carbocycles. The molecule has 0 spiro atoms. The van der Waals surface area contributed by atoms with E-state index in [0.29, 0.717) is 6.54 Å². The SMILES string of the molecule is NNC(=O)Cc1ccc(CN2CC(=O)NC(=O)C2)cc1. The second kappa shape index (κ2) is 6.27. The molecule has 1 fully saturated rings. The van der Waals surface area contributed by atoms with Crippen LogP contribution in [0.5, 0.6) is 0 Å². The first-order chi connectivity index (χ1) is 9.56. The van der Waals surface area contributed by atoms with Crippen molar-refractivity contribution in [2.24, 2.45) is 5.84 Å². The van der Waals surface area contributed by atoms with Crippen molar-refractivity contribution >= 4 is 17.7 Å². The van der Waals surface area contributed by atoms with E-state index in [1.165, 1.54) is 0 Å². The van der Waals surface area contributed by atoms with E-state index in [9.17, 15) is 14.4 Å². The van der Waals surface area contributed by atoms with Crippen LogP contribution in [0.25, 0.3) is 0 Å². The number of carbonyl (C=O) groups excluding carboxylic acids is 3. The third kappa shape index (κ3) is 3.87. The molecule has 1 aromatic carbocycles. The zero-order chi connectivity index (χ0) is 14.5. The second-order valence-corrected chi connectivity index (χ2v) is 4.68. The summed E-state index contributed by atoms with van der Waals surface area (Å²) in [6, 6.07) is 7.40. The van der Waals surface area contributed by atoms with Crippen LogP contribution in [0.3, 0.4) is 0 Å². The summed E-state index contributed by atoms with van der Waals surface area (Å²) in [5.41, 5.74) is 3.90. The van der Waals surface area contributed by atoms with Gasteiger partial charge in [0.25, 0.3) is 0 Å². The Kier molecular flexibility index (Phi) is 4.44. The first-order valence-electron chi connectivity index (χ1n) is 6.19. The largest absolute Gasteiger partial charge is 0.294 e.